The van der Waals surface area contributed by atoms with Crippen molar-refractivity contribution in [1.82, 2.24) is 29.7 Å². The molecule has 4 aromatic rings. The second-order valence-corrected chi connectivity index (χ2v) is 18.4. The number of carbonyl (C=O) groups is 4. The van der Waals surface area contributed by atoms with E-state index in [-0.39, 0.29) is 65.9 Å². The molecule has 3 saturated heterocycles. The predicted octanol–water partition coefficient (Wildman–Crippen LogP) is 5.49. The van der Waals surface area contributed by atoms with Crippen molar-refractivity contribution in [3.05, 3.63) is 80.5 Å². The fourth-order valence-electron chi connectivity index (χ4n) is 10.2. The van der Waals surface area contributed by atoms with E-state index in [0.717, 1.165) is 64.7 Å². The summed E-state index contributed by atoms with van der Waals surface area (Å²) in [6.07, 6.45) is 7.56. The lowest BCUT2D eigenvalue weighted by atomic mass is 9.82. The maximum atomic E-state index is 16.2. The number of halogens is 2. The molecule has 0 spiro atoms. The van der Waals surface area contributed by atoms with Gasteiger partial charge in [-0.2, -0.15) is 4.98 Å². The third kappa shape index (κ3) is 8.40. The van der Waals surface area contributed by atoms with Gasteiger partial charge in [0.05, 0.1) is 30.0 Å². The van der Waals surface area contributed by atoms with Gasteiger partial charge in [-0.15, -0.1) is 0 Å². The largest absolute Gasteiger partial charge is 0.478 e. The molecule has 1 saturated carbocycles. The molecule has 0 radical (unpaired) electrons. The van der Waals surface area contributed by atoms with Crippen LogP contribution in [0, 0.1) is 5.82 Å². The first-order valence-electron chi connectivity index (χ1n) is 22.3. The Kier molecular flexibility index (Phi) is 12.1. The first kappa shape index (κ1) is 43.6. The number of likely N-dealkylation sites (tertiary alicyclic amines) is 1. The Morgan fingerprint density at radius 1 is 1.00 bits per heavy atom. The minimum absolute atomic E-state index is 0.0341. The minimum Gasteiger partial charge on any atom is -0.478 e. The van der Waals surface area contributed by atoms with Crippen molar-refractivity contribution < 1.29 is 33.0 Å². The predicted molar refractivity (Wildman–Crippen MR) is 237 cm³/mol. The molecule has 5 aliphatic rings. The van der Waals surface area contributed by atoms with Crippen molar-refractivity contribution in [3.63, 3.8) is 0 Å². The highest BCUT2D eigenvalue weighted by Gasteiger charge is 2.45. The number of piperidine rings is 3. The van der Waals surface area contributed by atoms with E-state index in [1.165, 1.54) is 4.90 Å². The van der Waals surface area contributed by atoms with Gasteiger partial charge in [-0.05, 0) is 121 Å². The lowest BCUT2D eigenvalue weighted by Gasteiger charge is -2.47. The number of amides is 4. The first-order chi connectivity index (χ1) is 30.7. The molecule has 4 amide bonds. The summed E-state index contributed by atoms with van der Waals surface area (Å²) in [7, 11) is 0. The van der Waals surface area contributed by atoms with Gasteiger partial charge in [-0.1, -0.05) is 17.7 Å². The van der Waals surface area contributed by atoms with Gasteiger partial charge in [-0.3, -0.25) is 29.3 Å². The van der Waals surface area contributed by atoms with E-state index in [4.69, 9.17) is 31.8 Å². The van der Waals surface area contributed by atoms with Crippen LogP contribution < -0.4 is 31.6 Å². The number of fused-ring (bicyclic) bond motifs is 2. The van der Waals surface area contributed by atoms with Crippen LogP contribution in [0.3, 0.4) is 0 Å². The summed E-state index contributed by atoms with van der Waals surface area (Å²) in [5.74, 6) is -1.17. The Morgan fingerprint density at radius 3 is 2.45 bits per heavy atom. The van der Waals surface area contributed by atoms with E-state index < -0.39 is 30.5 Å². The zero-order valence-corrected chi connectivity index (χ0v) is 36.9. The number of nitrogens with one attached hydrogen (secondary N) is 2. The van der Waals surface area contributed by atoms with Crippen LogP contribution in [-0.4, -0.2) is 105 Å². The second kappa shape index (κ2) is 17.7. The highest BCUT2D eigenvalue weighted by Crippen LogP contribution is 2.43. The number of imide groups is 1. The number of hydrogen-bond donors (Lipinski definition) is 3. The Hall–Kier alpha value is -5.65. The zero-order chi connectivity index (χ0) is 45.0. The molecule has 4 fully saturated rings. The van der Waals surface area contributed by atoms with Crippen molar-refractivity contribution in [2.75, 3.05) is 43.0 Å². The smallest absolute Gasteiger partial charge is 0.293 e. The Morgan fingerprint density at radius 2 is 1.75 bits per heavy atom. The van der Waals surface area contributed by atoms with Gasteiger partial charge in [0.25, 0.3) is 17.4 Å². The van der Waals surface area contributed by atoms with Crippen LogP contribution in [-0.2, 0) is 19.1 Å². The zero-order valence-electron chi connectivity index (χ0n) is 36.1. The summed E-state index contributed by atoms with van der Waals surface area (Å²) in [6, 6.07) is 9.51. The van der Waals surface area contributed by atoms with Gasteiger partial charge in [0.2, 0.25) is 17.8 Å². The average Bonchev–Trinajstić information content (AvgIpc) is 3.51. The maximum Gasteiger partial charge on any atom is 0.293 e. The van der Waals surface area contributed by atoms with Gasteiger partial charge < -0.3 is 39.8 Å². The van der Waals surface area contributed by atoms with Crippen LogP contribution in [0.25, 0.3) is 10.9 Å². The number of ether oxygens (including phenoxy) is 2. The van der Waals surface area contributed by atoms with Gasteiger partial charge >= 0.3 is 0 Å². The summed E-state index contributed by atoms with van der Waals surface area (Å²) < 4.78 is 29.9. The summed E-state index contributed by atoms with van der Waals surface area (Å²) in [6.45, 7) is 8.34. The number of rotatable bonds is 12. The third-order valence-electron chi connectivity index (χ3n) is 13.6. The van der Waals surface area contributed by atoms with Crippen LogP contribution >= 0.6 is 11.6 Å². The van der Waals surface area contributed by atoms with Crippen LogP contribution in [0.5, 0.6) is 5.75 Å². The van der Waals surface area contributed by atoms with Gasteiger partial charge in [0.15, 0.2) is 18.2 Å². The van der Waals surface area contributed by atoms with Gasteiger partial charge in [0.1, 0.15) is 16.9 Å². The van der Waals surface area contributed by atoms with Crippen LogP contribution in [0.1, 0.15) is 112 Å². The molecule has 2 aromatic heterocycles. The molecule has 18 heteroatoms. The topological polar surface area (TPSA) is 194 Å². The Bertz CT molecular complexity index is 2570. The quantitative estimate of drug-likeness (QED) is 0.152. The van der Waals surface area contributed by atoms with E-state index in [1.54, 1.807) is 35.9 Å². The fourth-order valence-corrected chi connectivity index (χ4v) is 10.4. The minimum atomic E-state index is -0.793. The molecular formula is C46H53ClFN9O7. The molecule has 2 aromatic carbocycles. The fraction of sp³-hybridized carbons (Fsp3) is 0.500. The summed E-state index contributed by atoms with van der Waals surface area (Å²) in [5.41, 5.74) is 7.60. The molecule has 1 aliphatic carbocycles. The lowest BCUT2D eigenvalue weighted by Crippen LogP contribution is -2.53. The normalized spacial score (nSPS) is 23.4. The molecule has 0 bridgehead atoms. The monoisotopic (exact) mass is 897 g/mol. The number of pyridine rings is 1. The molecule has 4 N–H and O–H groups in total. The Labute approximate surface area is 374 Å². The van der Waals surface area contributed by atoms with Gasteiger partial charge in [-0.25, -0.2) is 9.37 Å². The van der Waals surface area contributed by atoms with Crippen molar-refractivity contribution in [2.24, 2.45) is 5.73 Å². The maximum absolute atomic E-state index is 16.2. The third-order valence-corrected chi connectivity index (χ3v) is 13.9. The summed E-state index contributed by atoms with van der Waals surface area (Å²) in [5, 5.41) is 6.70. The van der Waals surface area contributed by atoms with Crippen LogP contribution in [0.15, 0.2) is 47.4 Å². The number of hydrogen-bond acceptors (Lipinski definition) is 12. The molecule has 6 heterocycles. The van der Waals surface area contributed by atoms with Crippen LogP contribution in [0.4, 0.5) is 21.8 Å². The van der Waals surface area contributed by atoms with Crippen molar-refractivity contribution >= 4 is 63.6 Å². The summed E-state index contributed by atoms with van der Waals surface area (Å²) >= 11 is 6.58. The van der Waals surface area contributed by atoms with Crippen molar-refractivity contribution in [3.8, 4) is 5.75 Å². The highest BCUT2D eigenvalue weighted by atomic mass is 35.5. The van der Waals surface area contributed by atoms with E-state index in [0.29, 0.717) is 56.1 Å². The highest BCUT2D eigenvalue weighted by molar-refractivity contribution is 6.33. The standard InChI is InChI=1S/C46H53ClFN9O7/c1-24(2)56-35-7-4-28(18-27(35)19-37(45(56)62)63-23-38(49)58)51-42-34(47)22-50-46(53-42)55-16-12-30(13-17-55)64-31-20-29(21-31)54-14-10-26(11-15-54)32-5-6-33-40(41(32)48)25(3)57(44(33)61)36-8-9-39(59)52-43(36)60/h4-7,18-19,22,24-26,29-31,36H,8-17,20-21,23H2,1-3H3,(H2,49,58)(H,50,51,53)(H,52,59,60)/t25-,29?,31?,36?/m0/s1. The lowest BCUT2D eigenvalue weighted by molar-refractivity contribution is -0.137. The molecule has 2 atom stereocenters. The van der Waals surface area contributed by atoms with Crippen molar-refractivity contribution in [2.45, 2.75) is 114 Å². The number of primary amides is 1. The molecule has 64 heavy (non-hydrogen) atoms. The molecule has 16 nitrogen and oxygen atoms in total. The first-order valence-corrected chi connectivity index (χ1v) is 22.6. The van der Waals surface area contributed by atoms with E-state index in [1.807, 2.05) is 32.0 Å². The van der Waals surface area contributed by atoms with E-state index in [9.17, 15) is 24.0 Å². The second-order valence-electron chi connectivity index (χ2n) is 18.0. The molecule has 4 aliphatic heterocycles. The number of aromatic nitrogens is 3. The SMILES string of the molecule is CC(C)n1c(=O)c(OCC(N)=O)cc2cc(Nc3nc(N4CCC(OC5CC(N6CCC(c7ccc8c(c7F)[C@H](C)N(C7CCC(=O)NC7=O)C8=O)CC6)C5)CC4)ncc3Cl)ccc21. The number of anilines is 3. The molecule has 1 unspecified atom stereocenters. The number of nitrogens with zero attached hydrogens (tertiary/aromatic N) is 6. The van der Waals surface area contributed by atoms with Gasteiger partial charge in [0, 0.05) is 53.8 Å². The summed E-state index contributed by atoms with van der Waals surface area (Å²) in [4.78, 5) is 77.6. The van der Waals surface area contributed by atoms with Crippen LogP contribution in [0.2, 0.25) is 5.02 Å². The molecule has 338 valence electrons. The van der Waals surface area contributed by atoms with Crippen molar-refractivity contribution in [1.29, 1.82) is 0 Å². The number of benzene rings is 2. The van der Waals surface area contributed by atoms with E-state index in [2.05, 4.69) is 25.4 Å². The molecular weight excluding hydrogens is 845 g/mol. The Balaban J connectivity index is 0.751. The number of carbonyl (C=O) groups excluding carboxylic acids is 4. The van der Waals surface area contributed by atoms with E-state index >= 15 is 4.39 Å². The molecule has 9 rings (SSSR count). The average molecular weight is 898 g/mol. The number of nitrogens with two attached hydrogens (primary N) is 1.